The van der Waals surface area contributed by atoms with E-state index < -0.39 is 6.03 Å². The summed E-state index contributed by atoms with van der Waals surface area (Å²) < 4.78 is 0. The molecule has 0 spiro atoms. The number of aromatic nitrogens is 2. The van der Waals surface area contributed by atoms with Gasteiger partial charge in [-0.05, 0) is 36.1 Å². The summed E-state index contributed by atoms with van der Waals surface area (Å²) in [5.74, 6) is 0.676. The maximum atomic E-state index is 11.6. The maximum Gasteiger partial charge on any atom is 0.320 e. The summed E-state index contributed by atoms with van der Waals surface area (Å²) in [4.78, 5) is 22.0. The van der Waals surface area contributed by atoms with E-state index in [1.807, 2.05) is 30.6 Å². The number of fused-ring (bicyclic) bond motifs is 1. The van der Waals surface area contributed by atoms with Gasteiger partial charge in [-0.15, -0.1) is 0 Å². The molecule has 2 amide bonds. The first-order valence-corrected chi connectivity index (χ1v) is 8.29. The first-order chi connectivity index (χ1) is 12.2. The van der Waals surface area contributed by atoms with E-state index in [1.165, 1.54) is 0 Å². The molecule has 0 saturated heterocycles. The van der Waals surface area contributed by atoms with E-state index in [0.29, 0.717) is 12.4 Å². The van der Waals surface area contributed by atoms with Gasteiger partial charge in [0.15, 0.2) is 0 Å². The molecular formula is C20H18N4O. The van der Waals surface area contributed by atoms with Gasteiger partial charge in [-0.25, -0.2) is 9.78 Å². The van der Waals surface area contributed by atoms with Gasteiger partial charge in [0.05, 0.1) is 0 Å². The minimum Gasteiger partial charge on any atom is -0.351 e. The topological polar surface area (TPSA) is 72.1 Å². The van der Waals surface area contributed by atoms with Crippen LogP contribution in [0.5, 0.6) is 0 Å². The van der Waals surface area contributed by atoms with Gasteiger partial charge in [-0.2, -0.15) is 0 Å². The molecule has 3 heterocycles. The van der Waals surface area contributed by atoms with Crippen molar-refractivity contribution in [2.45, 2.75) is 12.8 Å². The zero-order valence-corrected chi connectivity index (χ0v) is 13.7. The summed E-state index contributed by atoms with van der Waals surface area (Å²) in [6.07, 6.45) is 7.27. The summed E-state index contributed by atoms with van der Waals surface area (Å²) in [5, 5.41) is 0. The monoisotopic (exact) mass is 330 g/mol. The van der Waals surface area contributed by atoms with Crippen molar-refractivity contribution in [1.82, 2.24) is 9.97 Å². The first kappa shape index (κ1) is 15.3. The van der Waals surface area contributed by atoms with Gasteiger partial charge in [0, 0.05) is 41.8 Å². The van der Waals surface area contributed by atoms with Crippen molar-refractivity contribution in [3.8, 4) is 22.3 Å². The average Bonchev–Trinajstić information content (AvgIpc) is 2.68. The zero-order chi connectivity index (χ0) is 17.2. The van der Waals surface area contributed by atoms with Gasteiger partial charge >= 0.3 is 6.03 Å². The lowest BCUT2D eigenvalue weighted by Gasteiger charge is -2.26. The number of urea groups is 1. The highest BCUT2D eigenvalue weighted by Crippen LogP contribution is 2.30. The lowest BCUT2D eigenvalue weighted by atomic mass is 9.99. The Kier molecular flexibility index (Phi) is 3.90. The van der Waals surface area contributed by atoms with E-state index in [1.54, 1.807) is 11.1 Å². The molecule has 1 aliphatic heterocycles. The number of aryl methyl sites for hydroxylation is 1. The molecule has 0 bridgehead atoms. The summed E-state index contributed by atoms with van der Waals surface area (Å²) in [6.45, 7) is 0.625. The minimum absolute atomic E-state index is 0.450. The third-order valence-corrected chi connectivity index (χ3v) is 4.47. The van der Waals surface area contributed by atoms with Crippen molar-refractivity contribution in [3.63, 3.8) is 0 Å². The predicted molar refractivity (Wildman–Crippen MR) is 98.2 cm³/mol. The van der Waals surface area contributed by atoms with E-state index in [-0.39, 0.29) is 0 Å². The number of nitrogens with zero attached hydrogens (tertiary/aromatic N) is 3. The quantitative estimate of drug-likeness (QED) is 0.779. The highest BCUT2D eigenvalue weighted by atomic mass is 16.2. The van der Waals surface area contributed by atoms with Crippen LogP contribution in [0.4, 0.5) is 10.6 Å². The van der Waals surface area contributed by atoms with Crippen LogP contribution in [0.3, 0.4) is 0 Å². The fraction of sp³-hybridized carbons (Fsp3) is 0.150. The Labute approximate surface area is 146 Å². The third kappa shape index (κ3) is 2.96. The number of nitrogens with two attached hydrogens (primary N) is 1. The van der Waals surface area contributed by atoms with Gasteiger partial charge in [0.2, 0.25) is 0 Å². The van der Waals surface area contributed by atoms with E-state index >= 15 is 0 Å². The van der Waals surface area contributed by atoms with E-state index in [9.17, 15) is 4.79 Å². The fourth-order valence-electron chi connectivity index (χ4n) is 3.22. The zero-order valence-electron chi connectivity index (χ0n) is 13.7. The predicted octanol–water partition coefficient (Wildman–Crippen LogP) is 3.64. The molecule has 3 aromatic rings. The number of hydrogen-bond donors (Lipinski definition) is 1. The van der Waals surface area contributed by atoms with Crippen molar-refractivity contribution in [2.24, 2.45) is 5.73 Å². The molecule has 5 heteroatoms. The molecule has 5 nitrogen and oxygen atoms in total. The van der Waals surface area contributed by atoms with Crippen LogP contribution in [0.1, 0.15) is 12.0 Å². The number of benzene rings is 1. The lowest BCUT2D eigenvalue weighted by Crippen LogP contribution is -2.40. The fourth-order valence-corrected chi connectivity index (χ4v) is 3.22. The molecule has 124 valence electrons. The van der Waals surface area contributed by atoms with Crippen LogP contribution in [-0.2, 0) is 6.42 Å². The van der Waals surface area contributed by atoms with Gasteiger partial charge in [-0.3, -0.25) is 9.88 Å². The molecule has 0 aliphatic carbocycles. The first-order valence-electron chi connectivity index (χ1n) is 8.29. The van der Waals surface area contributed by atoms with E-state index in [2.05, 4.69) is 34.2 Å². The molecule has 0 unspecified atom stereocenters. The SMILES string of the molecule is NC(=O)N1CCCc2cc(-c3cncc(-c4ccccc4)c3)cnc21. The third-order valence-electron chi connectivity index (χ3n) is 4.47. The summed E-state index contributed by atoms with van der Waals surface area (Å²) in [6, 6.07) is 13.9. The molecule has 0 saturated carbocycles. The molecule has 2 N–H and O–H groups in total. The number of carbonyl (C=O) groups is 1. The van der Waals surface area contributed by atoms with Crippen LogP contribution in [0.2, 0.25) is 0 Å². The molecule has 25 heavy (non-hydrogen) atoms. The maximum absolute atomic E-state index is 11.6. The number of carbonyl (C=O) groups excluding carboxylic acids is 1. The van der Waals surface area contributed by atoms with Gasteiger partial charge < -0.3 is 5.73 Å². The Morgan fingerprint density at radius 2 is 1.68 bits per heavy atom. The molecule has 4 rings (SSSR count). The van der Waals surface area contributed by atoms with Crippen LogP contribution >= 0.6 is 0 Å². The number of rotatable bonds is 2. The Morgan fingerprint density at radius 3 is 2.44 bits per heavy atom. The molecule has 2 aromatic heterocycles. The smallest absolute Gasteiger partial charge is 0.320 e. The summed E-state index contributed by atoms with van der Waals surface area (Å²) in [7, 11) is 0. The Bertz CT molecular complexity index is 924. The number of primary amides is 1. The van der Waals surface area contributed by atoms with Crippen LogP contribution < -0.4 is 10.6 Å². The van der Waals surface area contributed by atoms with Crippen molar-refractivity contribution >= 4 is 11.8 Å². The highest BCUT2D eigenvalue weighted by Gasteiger charge is 2.22. The second kappa shape index (κ2) is 6.36. The number of pyridine rings is 2. The van der Waals surface area contributed by atoms with Crippen LogP contribution in [0, 0.1) is 0 Å². The van der Waals surface area contributed by atoms with Crippen molar-refractivity contribution in [3.05, 3.63) is 66.6 Å². The summed E-state index contributed by atoms with van der Waals surface area (Å²) in [5.41, 5.74) is 10.7. The lowest BCUT2D eigenvalue weighted by molar-refractivity contribution is 0.253. The number of hydrogen-bond acceptors (Lipinski definition) is 3. The van der Waals surface area contributed by atoms with Crippen LogP contribution in [-0.4, -0.2) is 22.5 Å². The van der Waals surface area contributed by atoms with Gasteiger partial charge in [0.25, 0.3) is 0 Å². The largest absolute Gasteiger partial charge is 0.351 e. The summed E-state index contributed by atoms with van der Waals surface area (Å²) >= 11 is 0. The molecule has 0 radical (unpaired) electrons. The van der Waals surface area contributed by atoms with Crippen molar-refractivity contribution in [2.75, 3.05) is 11.4 Å². The normalized spacial score (nSPS) is 13.4. The Balaban J connectivity index is 1.73. The van der Waals surface area contributed by atoms with Crippen molar-refractivity contribution < 1.29 is 4.79 Å². The molecule has 1 aromatic carbocycles. The standard InChI is InChI=1S/C20H18N4O/c21-20(25)24-8-4-7-15-9-18(13-23-19(15)24)17-10-16(11-22-12-17)14-5-2-1-3-6-14/h1-3,5-6,9-13H,4,7-8H2,(H2,21,25). The van der Waals surface area contributed by atoms with E-state index in [4.69, 9.17) is 5.73 Å². The second-order valence-electron chi connectivity index (χ2n) is 6.13. The highest BCUT2D eigenvalue weighted by molar-refractivity contribution is 5.91. The molecule has 1 aliphatic rings. The van der Waals surface area contributed by atoms with Crippen molar-refractivity contribution in [1.29, 1.82) is 0 Å². The van der Waals surface area contributed by atoms with Gasteiger partial charge in [-0.1, -0.05) is 30.3 Å². The molecule has 0 atom stereocenters. The Hall–Kier alpha value is -3.21. The van der Waals surface area contributed by atoms with Crippen LogP contribution in [0.15, 0.2) is 61.1 Å². The average molecular weight is 330 g/mol. The van der Waals surface area contributed by atoms with Crippen LogP contribution in [0.25, 0.3) is 22.3 Å². The minimum atomic E-state index is -0.450. The number of amides is 2. The molecule has 0 fully saturated rings. The van der Waals surface area contributed by atoms with E-state index in [0.717, 1.165) is 40.7 Å². The number of anilines is 1. The molecular weight excluding hydrogens is 312 g/mol. The van der Waals surface area contributed by atoms with Gasteiger partial charge in [0.1, 0.15) is 5.82 Å². The second-order valence-corrected chi connectivity index (χ2v) is 6.13. The Morgan fingerprint density at radius 1 is 0.960 bits per heavy atom.